The Morgan fingerprint density at radius 3 is 2.42 bits per heavy atom. The van der Waals surface area contributed by atoms with Gasteiger partial charge < -0.3 is 5.32 Å². The fourth-order valence-electron chi connectivity index (χ4n) is 1.37. The van der Waals surface area contributed by atoms with E-state index < -0.39 is 22.2 Å². The molecule has 1 aromatic carbocycles. The number of benzene rings is 1. The molecule has 9 heteroatoms. The predicted molar refractivity (Wildman–Crippen MR) is 63.3 cm³/mol. The van der Waals surface area contributed by atoms with Crippen LogP contribution in [0.15, 0.2) is 24.5 Å². The van der Waals surface area contributed by atoms with Crippen molar-refractivity contribution in [3.8, 4) is 0 Å². The van der Waals surface area contributed by atoms with Gasteiger partial charge in [-0.3, -0.25) is 10.1 Å². The number of nitro groups is 1. The molecule has 0 radical (unpaired) electrons. The molecule has 2 aromatic rings. The minimum atomic E-state index is -0.828. The van der Waals surface area contributed by atoms with E-state index in [1.165, 1.54) is 0 Å². The summed E-state index contributed by atoms with van der Waals surface area (Å²) in [6.07, 6.45) is 0.993. The highest BCUT2D eigenvalue weighted by molar-refractivity contribution is 6.31. The molecule has 0 atom stereocenters. The van der Waals surface area contributed by atoms with Crippen LogP contribution in [0.2, 0.25) is 5.15 Å². The first-order chi connectivity index (χ1) is 8.97. The molecule has 0 fully saturated rings. The third kappa shape index (κ3) is 2.91. The summed E-state index contributed by atoms with van der Waals surface area (Å²) in [6.45, 7) is 0. The van der Waals surface area contributed by atoms with Crippen molar-refractivity contribution in [3.63, 3.8) is 0 Å². The first-order valence-electron chi connectivity index (χ1n) is 4.85. The van der Waals surface area contributed by atoms with E-state index in [1.807, 2.05) is 0 Å². The maximum Gasteiger partial charge on any atom is 0.348 e. The van der Waals surface area contributed by atoms with Crippen molar-refractivity contribution >= 4 is 28.8 Å². The molecule has 0 bridgehead atoms. The van der Waals surface area contributed by atoms with Gasteiger partial charge in [0.1, 0.15) is 18.0 Å². The number of aromatic nitrogens is 2. The van der Waals surface area contributed by atoms with E-state index in [9.17, 15) is 18.9 Å². The molecule has 0 aliphatic carbocycles. The molecule has 2 rings (SSSR count). The van der Waals surface area contributed by atoms with E-state index in [1.54, 1.807) is 0 Å². The fraction of sp³-hybridized carbons (Fsp3) is 0. The Labute approximate surface area is 110 Å². The van der Waals surface area contributed by atoms with E-state index in [2.05, 4.69) is 15.3 Å². The van der Waals surface area contributed by atoms with Gasteiger partial charge in [-0.2, -0.15) is 0 Å². The Kier molecular flexibility index (Phi) is 3.52. The summed E-state index contributed by atoms with van der Waals surface area (Å²) >= 11 is 5.57. The molecule has 1 aromatic heterocycles. The van der Waals surface area contributed by atoms with Crippen LogP contribution in [0, 0.1) is 21.7 Å². The Morgan fingerprint density at radius 2 is 1.84 bits per heavy atom. The third-order valence-corrected chi connectivity index (χ3v) is 2.36. The smallest absolute Gasteiger partial charge is 0.334 e. The van der Waals surface area contributed by atoms with E-state index >= 15 is 0 Å². The quantitative estimate of drug-likeness (QED) is 0.533. The minimum absolute atomic E-state index is 0.0321. The molecule has 0 saturated heterocycles. The minimum Gasteiger partial charge on any atom is -0.334 e. The van der Waals surface area contributed by atoms with Gasteiger partial charge in [0, 0.05) is 11.8 Å². The number of hydrogen-bond acceptors (Lipinski definition) is 5. The highest BCUT2D eigenvalue weighted by Crippen LogP contribution is 2.30. The van der Waals surface area contributed by atoms with E-state index in [0.717, 1.165) is 18.5 Å². The summed E-state index contributed by atoms with van der Waals surface area (Å²) in [4.78, 5) is 17.1. The second-order valence-corrected chi connectivity index (χ2v) is 3.76. The maximum absolute atomic E-state index is 13.0. The van der Waals surface area contributed by atoms with Crippen LogP contribution < -0.4 is 5.32 Å². The topological polar surface area (TPSA) is 81.0 Å². The van der Waals surface area contributed by atoms with Gasteiger partial charge in [-0.15, -0.1) is 0 Å². The van der Waals surface area contributed by atoms with Gasteiger partial charge >= 0.3 is 5.69 Å². The zero-order valence-corrected chi connectivity index (χ0v) is 9.86. The average molecular weight is 287 g/mol. The largest absolute Gasteiger partial charge is 0.348 e. The lowest BCUT2D eigenvalue weighted by molar-refractivity contribution is -0.384. The number of hydrogen-bond donors (Lipinski definition) is 1. The van der Waals surface area contributed by atoms with Crippen molar-refractivity contribution in [1.29, 1.82) is 0 Å². The summed E-state index contributed by atoms with van der Waals surface area (Å²) < 4.78 is 26.0. The Balaban J connectivity index is 2.43. The number of rotatable bonds is 3. The molecule has 98 valence electrons. The van der Waals surface area contributed by atoms with E-state index in [-0.39, 0.29) is 16.7 Å². The number of anilines is 2. The summed E-state index contributed by atoms with van der Waals surface area (Å²) in [5, 5.41) is 12.9. The van der Waals surface area contributed by atoms with Crippen LogP contribution in [0.5, 0.6) is 0 Å². The van der Waals surface area contributed by atoms with Crippen molar-refractivity contribution in [2.75, 3.05) is 5.32 Å². The van der Waals surface area contributed by atoms with Crippen LogP contribution in [0.1, 0.15) is 0 Å². The molecule has 0 amide bonds. The normalized spacial score (nSPS) is 10.3. The maximum atomic E-state index is 13.0. The van der Waals surface area contributed by atoms with Crippen molar-refractivity contribution in [2.24, 2.45) is 0 Å². The van der Waals surface area contributed by atoms with E-state index in [4.69, 9.17) is 11.6 Å². The molecular weight excluding hydrogens is 282 g/mol. The zero-order valence-electron chi connectivity index (χ0n) is 9.10. The van der Waals surface area contributed by atoms with Crippen molar-refractivity contribution in [1.82, 2.24) is 9.97 Å². The Morgan fingerprint density at radius 1 is 1.21 bits per heavy atom. The predicted octanol–water partition coefficient (Wildman–Crippen LogP) is 3.06. The molecule has 6 nitrogen and oxygen atoms in total. The fourth-order valence-corrected chi connectivity index (χ4v) is 1.58. The molecule has 0 spiro atoms. The first-order valence-corrected chi connectivity index (χ1v) is 5.23. The summed E-state index contributed by atoms with van der Waals surface area (Å²) in [5.41, 5.74) is -0.607. The molecule has 0 saturated carbocycles. The average Bonchev–Trinajstić information content (AvgIpc) is 2.26. The molecule has 1 heterocycles. The second-order valence-electron chi connectivity index (χ2n) is 3.40. The highest BCUT2D eigenvalue weighted by Gasteiger charge is 2.21. The van der Waals surface area contributed by atoms with Crippen LogP contribution in [-0.4, -0.2) is 14.9 Å². The molecule has 1 N–H and O–H groups in total. The summed E-state index contributed by atoms with van der Waals surface area (Å²) in [7, 11) is 0. The lowest BCUT2D eigenvalue weighted by Crippen LogP contribution is -2.02. The number of nitrogens with one attached hydrogen (secondary N) is 1. The van der Waals surface area contributed by atoms with Crippen LogP contribution >= 0.6 is 11.6 Å². The summed E-state index contributed by atoms with van der Waals surface area (Å²) in [5.74, 6) is -1.91. The van der Waals surface area contributed by atoms with Gasteiger partial charge in [0.15, 0.2) is 0 Å². The molecule has 19 heavy (non-hydrogen) atoms. The lowest BCUT2D eigenvalue weighted by Gasteiger charge is -2.06. The number of nitrogens with zero attached hydrogens (tertiary/aromatic N) is 3. The zero-order chi connectivity index (χ0) is 14.0. The van der Waals surface area contributed by atoms with Crippen molar-refractivity contribution in [2.45, 2.75) is 0 Å². The van der Waals surface area contributed by atoms with Crippen LogP contribution in [0.25, 0.3) is 0 Å². The Hall–Kier alpha value is -2.35. The lowest BCUT2D eigenvalue weighted by atomic mass is 10.3. The molecule has 0 unspecified atom stereocenters. The first kappa shape index (κ1) is 13.1. The third-order valence-electron chi connectivity index (χ3n) is 2.09. The van der Waals surface area contributed by atoms with Gasteiger partial charge in [-0.25, -0.2) is 18.7 Å². The van der Waals surface area contributed by atoms with Gasteiger partial charge in [0.2, 0.25) is 11.0 Å². The van der Waals surface area contributed by atoms with Gasteiger partial charge in [-0.05, 0) is 12.1 Å². The van der Waals surface area contributed by atoms with Crippen LogP contribution in [0.3, 0.4) is 0 Å². The van der Waals surface area contributed by atoms with Crippen LogP contribution in [-0.2, 0) is 0 Å². The SMILES string of the molecule is O=[N+]([O-])c1c(Cl)ncnc1Nc1cc(F)cc(F)c1. The highest BCUT2D eigenvalue weighted by atomic mass is 35.5. The van der Waals surface area contributed by atoms with Crippen molar-refractivity contribution < 1.29 is 13.7 Å². The van der Waals surface area contributed by atoms with Crippen molar-refractivity contribution in [3.05, 3.63) is 51.4 Å². The molecule has 0 aliphatic heterocycles. The van der Waals surface area contributed by atoms with E-state index in [0.29, 0.717) is 6.07 Å². The molecule has 0 aliphatic rings. The Bertz CT molecular complexity index is 633. The standard InChI is InChI=1S/C10H5ClF2N4O2/c11-9-8(17(18)19)10(15-4-14-9)16-7-2-5(12)1-6(13)3-7/h1-4H,(H,14,15,16). The van der Waals surface area contributed by atoms with Crippen LogP contribution in [0.4, 0.5) is 26.0 Å². The van der Waals surface area contributed by atoms with Gasteiger partial charge in [0.25, 0.3) is 0 Å². The number of halogens is 3. The monoisotopic (exact) mass is 286 g/mol. The molecular formula is C10H5ClF2N4O2. The summed E-state index contributed by atoms with van der Waals surface area (Å²) in [6, 6.07) is 2.60. The second kappa shape index (κ2) is 5.11. The van der Waals surface area contributed by atoms with Gasteiger partial charge in [-0.1, -0.05) is 11.6 Å². The van der Waals surface area contributed by atoms with Gasteiger partial charge in [0.05, 0.1) is 4.92 Å².